The van der Waals surface area contributed by atoms with Gasteiger partial charge < -0.3 is 11.1 Å². The topological polar surface area (TPSA) is 98.2 Å². The number of nitrogens with one attached hydrogen (secondary N) is 1. The van der Waals surface area contributed by atoms with Crippen molar-refractivity contribution >= 4 is 37.3 Å². The minimum absolute atomic E-state index is 0.0222. The number of sulfonamides is 1. The highest BCUT2D eigenvalue weighted by molar-refractivity contribution is 9.10. The van der Waals surface area contributed by atoms with E-state index >= 15 is 0 Å². The number of halogens is 1. The molecule has 7 heteroatoms. The van der Waals surface area contributed by atoms with E-state index in [1.807, 2.05) is 19.1 Å². The van der Waals surface area contributed by atoms with Gasteiger partial charge in [-0.25, -0.2) is 13.6 Å². The fraction of sp³-hybridized carbons (Fsp3) is 0.400. The van der Waals surface area contributed by atoms with Crippen molar-refractivity contribution in [3.63, 3.8) is 0 Å². The Bertz CT molecular complexity index is 503. The molecule has 0 aliphatic rings. The molecule has 0 saturated carbocycles. The first-order chi connectivity index (χ1) is 7.79. The van der Waals surface area contributed by atoms with Crippen molar-refractivity contribution in [3.8, 4) is 0 Å². The summed E-state index contributed by atoms with van der Waals surface area (Å²) in [5.41, 5.74) is 8.33. The van der Waals surface area contributed by atoms with E-state index < -0.39 is 10.0 Å². The van der Waals surface area contributed by atoms with Crippen molar-refractivity contribution < 1.29 is 8.42 Å². The van der Waals surface area contributed by atoms with Gasteiger partial charge in [-0.15, -0.1) is 0 Å². The Labute approximate surface area is 110 Å². The lowest BCUT2D eigenvalue weighted by Crippen LogP contribution is -2.18. The van der Waals surface area contributed by atoms with Gasteiger partial charge >= 0.3 is 0 Å². The molecular formula is C10H16BrN3O2S. The molecule has 5 nitrogen and oxygen atoms in total. The molecule has 0 aliphatic carbocycles. The fourth-order valence-corrected chi connectivity index (χ4v) is 2.38. The van der Waals surface area contributed by atoms with Crippen molar-refractivity contribution in [3.05, 3.63) is 22.2 Å². The van der Waals surface area contributed by atoms with Gasteiger partial charge in [-0.1, -0.05) is 0 Å². The minimum Gasteiger partial charge on any atom is -0.398 e. The summed E-state index contributed by atoms with van der Waals surface area (Å²) in [6.45, 7) is 2.45. The molecule has 0 aromatic heterocycles. The van der Waals surface area contributed by atoms with Gasteiger partial charge in [0.1, 0.15) is 0 Å². The summed E-state index contributed by atoms with van der Waals surface area (Å²) in [6.07, 6.45) is 0.467. The minimum atomic E-state index is -3.38. The summed E-state index contributed by atoms with van der Waals surface area (Å²) in [5.74, 6) is -0.0222. The molecule has 0 aliphatic heterocycles. The molecule has 0 amide bonds. The number of nitrogens with two attached hydrogens (primary N) is 2. The number of nitrogen functional groups attached to an aromatic ring is 1. The second-order valence-corrected chi connectivity index (χ2v) is 6.42. The number of hydrogen-bond acceptors (Lipinski definition) is 4. The summed E-state index contributed by atoms with van der Waals surface area (Å²) in [4.78, 5) is 0. The lowest BCUT2D eigenvalue weighted by atomic mass is 10.2. The van der Waals surface area contributed by atoms with E-state index in [2.05, 4.69) is 21.2 Å². The van der Waals surface area contributed by atoms with E-state index in [1.165, 1.54) is 0 Å². The summed E-state index contributed by atoms with van der Waals surface area (Å²) in [6, 6.07) is 3.73. The summed E-state index contributed by atoms with van der Waals surface area (Å²) in [7, 11) is -3.38. The van der Waals surface area contributed by atoms with Crippen LogP contribution in [0, 0.1) is 6.92 Å². The van der Waals surface area contributed by atoms with Crippen molar-refractivity contribution in [2.45, 2.75) is 13.3 Å². The van der Waals surface area contributed by atoms with E-state index in [0.717, 1.165) is 15.7 Å². The Hall–Kier alpha value is -0.790. The molecule has 0 radical (unpaired) electrons. The van der Waals surface area contributed by atoms with Crippen LogP contribution in [0.5, 0.6) is 0 Å². The summed E-state index contributed by atoms with van der Waals surface area (Å²) >= 11 is 3.39. The fourth-order valence-electron chi connectivity index (χ4n) is 1.33. The zero-order valence-corrected chi connectivity index (χ0v) is 11.9. The predicted octanol–water partition coefficient (Wildman–Crippen LogP) is 1.43. The van der Waals surface area contributed by atoms with Gasteiger partial charge in [-0.2, -0.15) is 0 Å². The van der Waals surface area contributed by atoms with Crippen molar-refractivity contribution in [2.24, 2.45) is 5.14 Å². The van der Waals surface area contributed by atoms with Gasteiger partial charge in [-0.05, 0) is 47.0 Å². The van der Waals surface area contributed by atoms with Crippen molar-refractivity contribution in [1.82, 2.24) is 0 Å². The highest BCUT2D eigenvalue weighted by Gasteiger charge is 2.05. The third-order valence-electron chi connectivity index (χ3n) is 2.28. The molecule has 17 heavy (non-hydrogen) atoms. The number of rotatable bonds is 5. The monoisotopic (exact) mass is 321 g/mol. The quantitative estimate of drug-likeness (QED) is 0.564. The van der Waals surface area contributed by atoms with Crippen LogP contribution in [0.25, 0.3) is 0 Å². The van der Waals surface area contributed by atoms with Gasteiger partial charge in [0, 0.05) is 22.4 Å². The number of anilines is 2. The van der Waals surface area contributed by atoms with E-state index in [0.29, 0.717) is 18.7 Å². The SMILES string of the molecule is Cc1cc(NCCCS(N)(=O)=O)c(Br)cc1N. The van der Waals surface area contributed by atoms with Crippen LogP contribution in [0.15, 0.2) is 16.6 Å². The molecule has 0 heterocycles. The van der Waals surface area contributed by atoms with Crippen LogP contribution in [0.1, 0.15) is 12.0 Å². The molecule has 1 aromatic rings. The number of benzene rings is 1. The molecule has 0 saturated heterocycles. The molecule has 0 unspecified atom stereocenters. The number of aryl methyl sites for hydroxylation is 1. The zero-order chi connectivity index (χ0) is 13.1. The Morgan fingerprint density at radius 3 is 2.65 bits per heavy atom. The normalized spacial score (nSPS) is 11.5. The highest BCUT2D eigenvalue weighted by Crippen LogP contribution is 2.27. The third-order valence-corrected chi connectivity index (χ3v) is 3.79. The smallest absolute Gasteiger partial charge is 0.209 e. The van der Waals surface area contributed by atoms with Crippen LogP contribution >= 0.6 is 15.9 Å². The van der Waals surface area contributed by atoms with Crippen LogP contribution in [0.4, 0.5) is 11.4 Å². The van der Waals surface area contributed by atoms with Gasteiger partial charge in [0.15, 0.2) is 0 Å². The average Bonchev–Trinajstić information content (AvgIpc) is 2.18. The number of hydrogen-bond donors (Lipinski definition) is 3. The lowest BCUT2D eigenvalue weighted by molar-refractivity contribution is 0.596. The second-order valence-electron chi connectivity index (χ2n) is 3.84. The van der Waals surface area contributed by atoms with Gasteiger partial charge in [0.05, 0.1) is 5.75 Å². The van der Waals surface area contributed by atoms with Crippen LogP contribution in [-0.4, -0.2) is 20.7 Å². The predicted molar refractivity (Wildman–Crippen MR) is 74.4 cm³/mol. The van der Waals surface area contributed by atoms with E-state index in [4.69, 9.17) is 10.9 Å². The second kappa shape index (κ2) is 5.70. The van der Waals surface area contributed by atoms with Gasteiger partial charge in [-0.3, -0.25) is 0 Å². The maximum absolute atomic E-state index is 10.7. The highest BCUT2D eigenvalue weighted by atomic mass is 79.9. The van der Waals surface area contributed by atoms with Crippen LogP contribution in [0.2, 0.25) is 0 Å². The average molecular weight is 322 g/mol. The molecule has 5 N–H and O–H groups in total. The number of primary sulfonamides is 1. The van der Waals surface area contributed by atoms with Crippen LogP contribution < -0.4 is 16.2 Å². The molecule has 0 atom stereocenters. The maximum Gasteiger partial charge on any atom is 0.209 e. The molecule has 0 spiro atoms. The third kappa shape index (κ3) is 4.93. The van der Waals surface area contributed by atoms with Crippen LogP contribution in [0.3, 0.4) is 0 Å². The zero-order valence-electron chi connectivity index (χ0n) is 9.53. The Kier molecular flexibility index (Phi) is 4.79. The molecule has 96 valence electrons. The standard InChI is InChI=1S/C10H16BrN3O2S/c1-7-5-10(8(11)6-9(7)12)14-3-2-4-17(13,15)16/h5-6,14H,2-4,12H2,1H3,(H2,13,15,16). The van der Waals surface area contributed by atoms with Gasteiger partial charge in [0.2, 0.25) is 10.0 Å². The first-order valence-electron chi connectivity index (χ1n) is 5.09. The van der Waals surface area contributed by atoms with E-state index in [-0.39, 0.29) is 5.75 Å². The maximum atomic E-state index is 10.7. The summed E-state index contributed by atoms with van der Waals surface area (Å²) in [5, 5.41) is 8.04. The first-order valence-corrected chi connectivity index (χ1v) is 7.60. The Morgan fingerprint density at radius 2 is 2.06 bits per heavy atom. The van der Waals surface area contributed by atoms with Gasteiger partial charge in [0.25, 0.3) is 0 Å². The largest absolute Gasteiger partial charge is 0.398 e. The Morgan fingerprint density at radius 1 is 1.41 bits per heavy atom. The molecule has 0 fully saturated rings. The Balaban J connectivity index is 2.55. The lowest BCUT2D eigenvalue weighted by Gasteiger charge is -2.10. The van der Waals surface area contributed by atoms with E-state index in [9.17, 15) is 8.42 Å². The molecule has 0 bridgehead atoms. The van der Waals surface area contributed by atoms with Crippen molar-refractivity contribution in [1.29, 1.82) is 0 Å². The summed E-state index contributed by atoms with van der Waals surface area (Å²) < 4.78 is 22.3. The first kappa shape index (κ1) is 14.3. The molecule has 1 rings (SSSR count). The molecular weight excluding hydrogens is 306 g/mol. The molecule has 1 aromatic carbocycles. The van der Waals surface area contributed by atoms with E-state index in [1.54, 1.807) is 0 Å². The van der Waals surface area contributed by atoms with Crippen molar-refractivity contribution in [2.75, 3.05) is 23.3 Å². The van der Waals surface area contributed by atoms with Crippen LogP contribution in [-0.2, 0) is 10.0 Å².